The first-order valence-electron chi connectivity index (χ1n) is 28.8. The fourth-order valence-corrected chi connectivity index (χ4v) is 8.72. The number of carbonyl (C=O) groups excluding carboxylic acids is 2. The van der Waals surface area contributed by atoms with Crippen LogP contribution < -0.4 is 5.32 Å². The van der Waals surface area contributed by atoms with Crippen LogP contribution in [0.15, 0.2) is 36.5 Å². The summed E-state index contributed by atoms with van der Waals surface area (Å²) in [6.45, 7) is 4.87. The normalized spacial score (nSPS) is 12.9. The van der Waals surface area contributed by atoms with Crippen LogP contribution in [0.25, 0.3) is 0 Å². The zero-order valence-corrected chi connectivity index (χ0v) is 43.5. The van der Waals surface area contributed by atoms with Crippen LogP contribution in [0.3, 0.4) is 0 Å². The summed E-state index contributed by atoms with van der Waals surface area (Å²) < 4.78 is 5.48. The Morgan fingerprint density at radius 2 is 0.769 bits per heavy atom. The van der Waals surface area contributed by atoms with Crippen molar-refractivity contribution in [1.29, 1.82) is 0 Å². The second-order valence-corrected chi connectivity index (χ2v) is 19.6. The van der Waals surface area contributed by atoms with Gasteiger partial charge in [0, 0.05) is 12.8 Å². The zero-order valence-electron chi connectivity index (χ0n) is 43.5. The molecule has 0 bridgehead atoms. The van der Waals surface area contributed by atoms with Crippen LogP contribution in [-0.2, 0) is 14.3 Å². The molecule has 382 valence electrons. The van der Waals surface area contributed by atoms with E-state index >= 15 is 0 Å². The standard InChI is InChI=1S/C59H111NO5/c1-3-5-7-9-11-13-15-16-17-26-29-33-37-41-45-49-53-59(64)65-54-50-46-42-38-34-30-27-24-22-20-18-19-21-23-25-28-32-36-40-44-48-52-58(63)60-56(55-61)57(62)51-47-43-39-35-31-14-12-10-8-6-4-2/h13,15,17,26,47,51,56-57,61-62H,3-12,14,16,18-25,27-46,48-50,52-55H2,1-2H3,(H,60,63)/b15-13-,26-17-,51-47+. The molecule has 0 aromatic heterocycles. The van der Waals surface area contributed by atoms with Gasteiger partial charge in [-0.25, -0.2) is 0 Å². The zero-order chi connectivity index (χ0) is 47.2. The average molecular weight is 915 g/mol. The molecule has 6 nitrogen and oxygen atoms in total. The molecule has 1 amide bonds. The molecule has 6 heteroatoms. The summed E-state index contributed by atoms with van der Waals surface area (Å²) in [6.07, 6.45) is 67.4. The smallest absolute Gasteiger partial charge is 0.305 e. The predicted octanol–water partition coefficient (Wildman–Crippen LogP) is 17.6. The van der Waals surface area contributed by atoms with Gasteiger partial charge < -0.3 is 20.3 Å². The van der Waals surface area contributed by atoms with E-state index in [-0.39, 0.29) is 18.5 Å². The van der Waals surface area contributed by atoms with Crippen molar-refractivity contribution in [3.8, 4) is 0 Å². The van der Waals surface area contributed by atoms with Crippen LogP contribution >= 0.6 is 0 Å². The summed E-state index contributed by atoms with van der Waals surface area (Å²) in [5.41, 5.74) is 0. The number of amides is 1. The molecule has 0 rings (SSSR count). The molecule has 0 aliphatic carbocycles. The van der Waals surface area contributed by atoms with Crippen molar-refractivity contribution in [2.24, 2.45) is 0 Å². The molecule has 0 saturated heterocycles. The Hall–Kier alpha value is -1.92. The van der Waals surface area contributed by atoms with Crippen LogP contribution in [0.1, 0.15) is 303 Å². The highest BCUT2D eigenvalue weighted by Gasteiger charge is 2.18. The first kappa shape index (κ1) is 63.1. The van der Waals surface area contributed by atoms with Gasteiger partial charge in [-0.3, -0.25) is 9.59 Å². The second kappa shape index (κ2) is 54.7. The van der Waals surface area contributed by atoms with Crippen molar-refractivity contribution in [1.82, 2.24) is 5.32 Å². The summed E-state index contributed by atoms with van der Waals surface area (Å²) in [5.74, 6) is -0.0729. The van der Waals surface area contributed by atoms with E-state index in [0.717, 1.165) is 51.4 Å². The number of esters is 1. The molecule has 2 atom stereocenters. The van der Waals surface area contributed by atoms with E-state index in [1.807, 2.05) is 6.08 Å². The number of ether oxygens (including phenoxy) is 1. The Bertz CT molecular complexity index is 1060. The number of carbonyl (C=O) groups is 2. The lowest BCUT2D eigenvalue weighted by molar-refractivity contribution is -0.143. The largest absolute Gasteiger partial charge is 0.466 e. The first-order chi connectivity index (χ1) is 32.0. The third-order valence-corrected chi connectivity index (χ3v) is 13.2. The van der Waals surface area contributed by atoms with Crippen molar-refractivity contribution in [3.05, 3.63) is 36.5 Å². The fourth-order valence-electron chi connectivity index (χ4n) is 8.72. The molecule has 0 radical (unpaired) electrons. The predicted molar refractivity (Wildman–Crippen MR) is 283 cm³/mol. The van der Waals surface area contributed by atoms with Gasteiger partial charge in [0.05, 0.1) is 25.4 Å². The molecular weight excluding hydrogens is 803 g/mol. The SMILES string of the molecule is CCCCCC/C=C\C/C=C\CCCCCCCC(=O)OCCCCCCCCCCCCCCCCCCCCCCCC(=O)NC(CO)C(O)/C=C/CCCCCCCCCCC. The van der Waals surface area contributed by atoms with Crippen LogP contribution in [0.2, 0.25) is 0 Å². The van der Waals surface area contributed by atoms with Crippen LogP contribution in [-0.4, -0.2) is 47.4 Å². The van der Waals surface area contributed by atoms with Crippen molar-refractivity contribution in [2.45, 2.75) is 315 Å². The molecule has 0 fully saturated rings. The number of allylic oxidation sites excluding steroid dienone is 5. The number of aliphatic hydroxyl groups is 2. The van der Waals surface area contributed by atoms with Gasteiger partial charge in [0.15, 0.2) is 0 Å². The molecule has 0 saturated carbocycles. The lowest BCUT2D eigenvalue weighted by atomic mass is 10.0. The van der Waals surface area contributed by atoms with Crippen molar-refractivity contribution in [2.75, 3.05) is 13.2 Å². The van der Waals surface area contributed by atoms with Gasteiger partial charge in [0.2, 0.25) is 5.91 Å². The number of rotatable bonds is 53. The molecule has 3 N–H and O–H groups in total. The number of hydrogen-bond donors (Lipinski definition) is 3. The van der Waals surface area contributed by atoms with Gasteiger partial charge in [0.25, 0.3) is 0 Å². The average Bonchev–Trinajstić information content (AvgIpc) is 3.31. The van der Waals surface area contributed by atoms with E-state index in [9.17, 15) is 19.8 Å². The van der Waals surface area contributed by atoms with Gasteiger partial charge in [0.1, 0.15) is 0 Å². The summed E-state index contributed by atoms with van der Waals surface area (Å²) in [7, 11) is 0. The summed E-state index contributed by atoms with van der Waals surface area (Å²) >= 11 is 0. The Morgan fingerprint density at radius 3 is 1.18 bits per heavy atom. The van der Waals surface area contributed by atoms with E-state index in [1.54, 1.807) is 6.08 Å². The maximum atomic E-state index is 12.4. The highest BCUT2D eigenvalue weighted by atomic mass is 16.5. The number of aliphatic hydroxyl groups excluding tert-OH is 2. The van der Waals surface area contributed by atoms with Crippen LogP contribution in [0.5, 0.6) is 0 Å². The summed E-state index contributed by atoms with van der Waals surface area (Å²) in [4.78, 5) is 24.5. The van der Waals surface area contributed by atoms with E-state index in [4.69, 9.17) is 4.74 Å². The molecule has 0 heterocycles. The Labute approximate surface area is 404 Å². The van der Waals surface area contributed by atoms with Gasteiger partial charge in [-0.2, -0.15) is 0 Å². The summed E-state index contributed by atoms with van der Waals surface area (Å²) in [5, 5.41) is 23.0. The maximum absolute atomic E-state index is 12.4. The van der Waals surface area contributed by atoms with Crippen molar-refractivity contribution < 1.29 is 24.5 Å². The van der Waals surface area contributed by atoms with Gasteiger partial charge >= 0.3 is 5.97 Å². The van der Waals surface area contributed by atoms with Gasteiger partial charge in [-0.15, -0.1) is 0 Å². The Kier molecular flexibility index (Phi) is 53.1. The molecule has 65 heavy (non-hydrogen) atoms. The fraction of sp³-hybridized carbons (Fsp3) is 0.864. The molecule has 0 aliphatic rings. The van der Waals surface area contributed by atoms with E-state index in [0.29, 0.717) is 19.4 Å². The Morgan fingerprint density at radius 1 is 0.431 bits per heavy atom. The van der Waals surface area contributed by atoms with E-state index in [2.05, 4.69) is 43.5 Å². The van der Waals surface area contributed by atoms with Gasteiger partial charge in [-0.05, 0) is 64.2 Å². The lowest BCUT2D eigenvalue weighted by Crippen LogP contribution is -2.45. The summed E-state index contributed by atoms with van der Waals surface area (Å²) in [6, 6.07) is -0.627. The van der Waals surface area contributed by atoms with E-state index < -0.39 is 12.1 Å². The molecule has 0 spiro atoms. The minimum atomic E-state index is -0.844. The van der Waals surface area contributed by atoms with Crippen LogP contribution in [0, 0.1) is 0 Å². The topological polar surface area (TPSA) is 95.9 Å². The van der Waals surface area contributed by atoms with Gasteiger partial charge in [-0.1, -0.05) is 262 Å². The minimum absolute atomic E-state index is 0.00246. The number of unbranched alkanes of at least 4 members (excludes halogenated alkanes) is 38. The second-order valence-electron chi connectivity index (χ2n) is 19.6. The van der Waals surface area contributed by atoms with Crippen molar-refractivity contribution >= 4 is 11.9 Å². The number of nitrogens with one attached hydrogen (secondary N) is 1. The lowest BCUT2D eigenvalue weighted by Gasteiger charge is -2.20. The maximum Gasteiger partial charge on any atom is 0.305 e. The minimum Gasteiger partial charge on any atom is -0.466 e. The third kappa shape index (κ3) is 51.3. The van der Waals surface area contributed by atoms with Crippen LogP contribution in [0.4, 0.5) is 0 Å². The highest BCUT2D eigenvalue weighted by molar-refractivity contribution is 5.76. The molecular formula is C59H111NO5. The quantitative estimate of drug-likeness (QED) is 0.0321. The monoisotopic (exact) mass is 914 g/mol. The third-order valence-electron chi connectivity index (χ3n) is 13.2. The van der Waals surface area contributed by atoms with E-state index in [1.165, 1.54) is 225 Å². The first-order valence-corrected chi connectivity index (χ1v) is 28.8. The number of hydrogen-bond acceptors (Lipinski definition) is 5. The Balaban J connectivity index is 3.39. The molecule has 0 aromatic carbocycles. The molecule has 2 unspecified atom stereocenters. The molecule has 0 aliphatic heterocycles. The highest BCUT2D eigenvalue weighted by Crippen LogP contribution is 2.17. The van der Waals surface area contributed by atoms with Crippen molar-refractivity contribution in [3.63, 3.8) is 0 Å². The molecule has 0 aromatic rings.